The lowest BCUT2D eigenvalue weighted by Crippen LogP contribution is -2.59. The number of alkyl carbamates (subject to hydrolysis) is 1. The van der Waals surface area contributed by atoms with Gasteiger partial charge in [0.2, 0.25) is 21.8 Å². The fourth-order valence-electron chi connectivity index (χ4n) is 8.07. The molecule has 3 aliphatic carbocycles. The molecule has 0 radical (unpaired) electrons. The summed E-state index contributed by atoms with van der Waals surface area (Å²) in [7, 11) is -3.89. The summed E-state index contributed by atoms with van der Waals surface area (Å²) in [4.78, 5) is 71.5. The lowest BCUT2D eigenvalue weighted by molar-refractivity contribution is -0.142. The molecule has 0 spiro atoms. The molecule has 5 atom stereocenters. The van der Waals surface area contributed by atoms with Gasteiger partial charge in [-0.25, -0.2) is 18.0 Å². The maximum atomic E-state index is 14.4. The van der Waals surface area contributed by atoms with Gasteiger partial charge in [0.15, 0.2) is 0 Å². The number of nitrogens with zero attached hydrogens (tertiary/aromatic N) is 2. The molecule has 4 fully saturated rings. The maximum Gasteiger partial charge on any atom is 0.410 e. The Morgan fingerprint density at radius 2 is 1.78 bits per heavy atom. The van der Waals surface area contributed by atoms with Crippen LogP contribution in [0.1, 0.15) is 80.9 Å². The number of benzene rings is 1. The highest BCUT2D eigenvalue weighted by Crippen LogP contribution is 2.45. The van der Waals surface area contributed by atoms with E-state index in [4.69, 9.17) is 9.47 Å². The Kier molecular flexibility index (Phi) is 9.29. The highest BCUT2D eigenvalue weighted by Gasteiger charge is 2.62. The van der Waals surface area contributed by atoms with E-state index in [9.17, 15) is 32.4 Å². The molecule has 4 bridgehead atoms. The van der Waals surface area contributed by atoms with Gasteiger partial charge in [-0.3, -0.25) is 24.0 Å². The van der Waals surface area contributed by atoms with Gasteiger partial charge >= 0.3 is 12.2 Å². The van der Waals surface area contributed by atoms with Crippen LogP contribution in [0.5, 0.6) is 0 Å². The predicted octanol–water partition coefficient (Wildman–Crippen LogP) is 2.40. The van der Waals surface area contributed by atoms with E-state index in [1.165, 1.54) is 11.0 Å². The van der Waals surface area contributed by atoms with Crippen LogP contribution in [0.2, 0.25) is 0 Å². The molecule has 50 heavy (non-hydrogen) atoms. The van der Waals surface area contributed by atoms with Gasteiger partial charge < -0.3 is 25.0 Å². The number of cyclic esters (lactones) is 1. The summed E-state index contributed by atoms with van der Waals surface area (Å²) in [6.45, 7) is 4.57. The molecule has 3 heterocycles. The van der Waals surface area contributed by atoms with Crippen molar-refractivity contribution in [3.8, 4) is 0 Å². The molecule has 3 saturated carbocycles. The average Bonchev–Trinajstić information content (AvgIpc) is 3.86. The van der Waals surface area contributed by atoms with Gasteiger partial charge in [-0.05, 0) is 74.0 Å². The first-order valence-electron chi connectivity index (χ1n) is 17.8. The fourth-order valence-corrected chi connectivity index (χ4v) is 9.43. The third-order valence-electron chi connectivity index (χ3n) is 11.2. The summed E-state index contributed by atoms with van der Waals surface area (Å²) in [5, 5.41) is 4.91. The van der Waals surface area contributed by atoms with Crippen molar-refractivity contribution in [2.24, 2.45) is 11.8 Å². The normalized spacial score (nSPS) is 30.4. The van der Waals surface area contributed by atoms with Crippen LogP contribution in [-0.4, -0.2) is 90.3 Å². The Bertz CT molecular complexity index is 1690. The van der Waals surface area contributed by atoms with Crippen molar-refractivity contribution < 1.29 is 41.9 Å². The Balaban J connectivity index is 1.15. The maximum absolute atomic E-state index is 14.4. The molecule has 3 aliphatic heterocycles. The van der Waals surface area contributed by atoms with E-state index in [0.29, 0.717) is 45.2 Å². The predicted molar refractivity (Wildman–Crippen MR) is 179 cm³/mol. The zero-order valence-electron chi connectivity index (χ0n) is 28.1. The van der Waals surface area contributed by atoms with E-state index < -0.39 is 74.8 Å². The fraction of sp³-hybridized carbons (Fsp3) is 0.629. The van der Waals surface area contributed by atoms with Gasteiger partial charge in [0, 0.05) is 25.4 Å². The van der Waals surface area contributed by atoms with Crippen molar-refractivity contribution in [3.63, 3.8) is 0 Å². The van der Waals surface area contributed by atoms with Crippen LogP contribution in [0, 0.1) is 11.8 Å². The third-order valence-corrected chi connectivity index (χ3v) is 13.0. The van der Waals surface area contributed by atoms with Crippen LogP contribution < -0.4 is 15.4 Å². The Morgan fingerprint density at radius 1 is 1.02 bits per heavy atom. The van der Waals surface area contributed by atoms with Crippen LogP contribution in [0.3, 0.4) is 0 Å². The van der Waals surface area contributed by atoms with Crippen LogP contribution in [0.25, 0.3) is 0 Å². The number of amides is 5. The molecule has 270 valence electrons. The largest absolute Gasteiger partial charge is 0.450 e. The van der Waals surface area contributed by atoms with Crippen LogP contribution >= 0.6 is 0 Å². The summed E-state index contributed by atoms with van der Waals surface area (Å²) in [5.41, 5.74) is 1.67. The minimum absolute atomic E-state index is 0.0476. The van der Waals surface area contributed by atoms with E-state index in [1.807, 2.05) is 18.2 Å². The number of rotatable bonds is 7. The molecule has 15 heteroatoms. The van der Waals surface area contributed by atoms with Crippen molar-refractivity contribution in [2.45, 2.75) is 113 Å². The molecule has 0 unspecified atom stereocenters. The molecule has 3 N–H and O–H groups in total. The second-order valence-electron chi connectivity index (χ2n) is 14.6. The Labute approximate surface area is 291 Å². The second kappa shape index (κ2) is 13.5. The van der Waals surface area contributed by atoms with E-state index in [-0.39, 0.29) is 31.9 Å². The van der Waals surface area contributed by atoms with Gasteiger partial charge in [0.1, 0.15) is 23.7 Å². The van der Waals surface area contributed by atoms with Crippen molar-refractivity contribution in [1.29, 1.82) is 0 Å². The lowest BCUT2D eigenvalue weighted by Gasteiger charge is -2.32. The van der Waals surface area contributed by atoms with Gasteiger partial charge in [0.05, 0.1) is 18.4 Å². The van der Waals surface area contributed by atoms with Gasteiger partial charge in [-0.1, -0.05) is 37.1 Å². The number of carbonyl (C=O) groups is 5. The summed E-state index contributed by atoms with van der Waals surface area (Å²) in [6.07, 6.45) is 5.70. The van der Waals surface area contributed by atoms with Gasteiger partial charge in [-0.2, -0.15) is 0 Å². The van der Waals surface area contributed by atoms with Crippen molar-refractivity contribution >= 4 is 39.9 Å². The number of sulfonamides is 1. The molecule has 0 aromatic heterocycles. The molecule has 1 aromatic rings. The zero-order chi connectivity index (χ0) is 35.2. The number of hydrogen-bond acceptors (Lipinski definition) is 9. The van der Waals surface area contributed by atoms with E-state index >= 15 is 0 Å². The van der Waals surface area contributed by atoms with Crippen molar-refractivity contribution in [2.75, 3.05) is 13.2 Å². The highest BCUT2D eigenvalue weighted by atomic mass is 32.2. The standard InChI is InChI=1S/C35H45N5O9S/c1-2-24-17-35(24,32(43)38-50(46,47)26-13-14-26)37-30(41)28-16-25-19-40(28)31(42)29(22-9-3-4-10-22)36-33(44)48-15-6-5-8-21-11-7-12-23-18-39(20-27(21)23)34(45)49-25/h2,7,11-12,22,24-26,28-29H,1,3-6,8-10,13-20H2,(H,36,44)(H,37,41)(H,38,43)/t24-,25-,28+,29+,35-/m1/s1. The van der Waals surface area contributed by atoms with E-state index in [1.54, 1.807) is 4.90 Å². The van der Waals surface area contributed by atoms with Crippen molar-refractivity contribution in [3.05, 3.63) is 47.5 Å². The number of fused-ring (bicyclic) bond motifs is 3. The molecule has 6 aliphatic rings. The number of hydrogen-bond donors (Lipinski definition) is 3. The molecule has 1 saturated heterocycles. The molecule has 7 rings (SSSR count). The number of nitrogens with one attached hydrogen (secondary N) is 3. The van der Waals surface area contributed by atoms with Crippen LogP contribution in [0.4, 0.5) is 9.59 Å². The first kappa shape index (κ1) is 34.3. The Morgan fingerprint density at radius 3 is 2.50 bits per heavy atom. The lowest BCUT2D eigenvalue weighted by atomic mass is 9.96. The highest BCUT2D eigenvalue weighted by molar-refractivity contribution is 7.91. The number of ether oxygens (including phenoxy) is 2. The zero-order valence-corrected chi connectivity index (χ0v) is 28.9. The average molecular weight is 712 g/mol. The van der Waals surface area contributed by atoms with E-state index in [2.05, 4.69) is 21.9 Å². The first-order chi connectivity index (χ1) is 24.0. The topological polar surface area (TPSA) is 181 Å². The molecule has 5 amide bonds. The molecule has 14 nitrogen and oxygen atoms in total. The van der Waals surface area contributed by atoms with E-state index in [0.717, 1.165) is 42.4 Å². The molecule has 1 aromatic carbocycles. The molecular formula is C35H45N5O9S. The van der Waals surface area contributed by atoms with Gasteiger partial charge in [0.25, 0.3) is 5.91 Å². The summed E-state index contributed by atoms with van der Waals surface area (Å²) < 4.78 is 38.9. The quantitative estimate of drug-likeness (QED) is 0.358. The smallest absolute Gasteiger partial charge is 0.410 e. The SMILES string of the molecule is C=C[C@@H]1C[C@]1(NC(=O)[C@@H]1C[C@@H]2CN1C(=O)[C@H](C1CCCC1)NC(=O)OCCCCc1cccc3c1CN(C3)C(=O)O2)C(=O)NS(=O)(=O)C1CC1. The number of aryl methyl sites for hydroxylation is 1. The third kappa shape index (κ3) is 6.80. The minimum atomic E-state index is -3.89. The summed E-state index contributed by atoms with van der Waals surface area (Å²) in [5.74, 6) is -2.74. The monoisotopic (exact) mass is 711 g/mol. The summed E-state index contributed by atoms with van der Waals surface area (Å²) in [6, 6.07) is 3.85. The van der Waals surface area contributed by atoms with Crippen LogP contribution in [0.15, 0.2) is 30.9 Å². The molecular weight excluding hydrogens is 666 g/mol. The first-order valence-corrected chi connectivity index (χ1v) is 19.3. The van der Waals surface area contributed by atoms with Crippen LogP contribution in [-0.2, 0) is 53.4 Å². The second-order valence-corrected chi connectivity index (χ2v) is 16.6. The number of carbonyl (C=O) groups excluding carboxylic acids is 5. The van der Waals surface area contributed by atoms with Crippen molar-refractivity contribution in [1.82, 2.24) is 25.2 Å². The summed E-state index contributed by atoms with van der Waals surface area (Å²) >= 11 is 0. The minimum Gasteiger partial charge on any atom is -0.450 e. The van der Waals surface area contributed by atoms with Gasteiger partial charge in [-0.15, -0.1) is 6.58 Å². The Hall–Kier alpha value is -4.14.